The molecule has 1 aromatic rings. The molecule has 0 fully saturated rings. The van der Waals surface area contributed by atoms with E-state index in [1.54, 1.807) is 26.1 Å². The van der Waals surface area contributed by atoms with E-state index in [1.165, 1.54) is 6.07 Å². The molecule has 0 aliphatic rings. The third kappa shape index (κ3) is 3.47. The molecule has 0 radical (unpaired) electrons. The van der Waals surface area contributed by atoms with Gasteiger partial charge >= 0.3 is 0 Å². The number of amides is 1. The summed E-state index contributed by atoms with van der Waals surface area (Å²) in [5.41, 5.74) is 0.835. The summed E-state index contributed by atoms with van der Waals surface area (Å²) in [5.74, 6) is -0.530. The fraction of sp³-hybridized carbons (Fsp3) is 0.364. The Morgan fingerprint density at radius 2 is 2.25 bits per heavy atom. The fourth-order valence-electron chi connectivity index (χ4n) is 1.23. The standard InChI is InChI=1S/C11H14ClFN2O/c1-7(11(16)14-2)15-6-8-3-4-10(13)9(12)5-8/h3-5,7,15H,6H2,1-2H3,(H,14,16)/t7-/m1/s1. The van der Waals surface area contributed by atoms with Gasteiger partial charge in [-0.1, -0.05) is 17.7 Å². The molecule has 0 aromatic heterocycles. The van der Waals surface area contributed by atoms with E-state index in [1.807, 2.05) is 0 Å². The average Bonchev–Trinajstić information content (AvgIpc) is 2.29. The summed E-state index contributed by atoms with van der Waals surface area (Å²) in [6.45, 7) is 2.22. The Hall–Kier alpha value is -1.13. The van der Waals surface area contributed by atoms with Crippen molar-refractivity contribution in [2.75, 3.05) is 7.05 Å². The Balaban J connectivity index is 2.55. The van der Waals surface area contributed by atoms with Crippen LogP contribution in [0, 0.1) is 5.82 Å². The molecule has 3 nitrogen and oxygen atoms in total. The van der Waals surface area contributed by atoms with E-state index < -0.39 is 5.82 Å². The summed E-state index contributed by atoms with van der Waals surface area (Å²) in [7, 11) is 1.58. The van der Waals surface area contributed by atoms with Crippen LogP contribution in [0.4, 0.5) is 4.39 Å². The molecule has 16 heavy (non-hydrogen) atoms. The maximum atomic E-state index is 12.9. The lowest BCUT2D eigenvalue weighted by Gasteiger charge is -2.12. The predicted molar refractivity (Wildman–Crippen MR) is 61.8 cm³/mol. The Morgan fingerprint density at radius 3 is 2.81 bits per heavy atom. The van der Waals surface area contributed by atoms with Crippen LogP contribution < -0.4 is 10.6 Å². The summed E-state index contributed by atoms with van der Waals surface area (Å²) >= 11 is 5.64. The second kappa shape index (κ2) is 5.82. The van der Waals surface area contributed by atoms with Crippen molar-refractivity contribution in [3.8, 4) is 0 Å². The summed E-state index contributed by atoms with van der Waals surface area (Å²) in [4.78, 5) is 11.2. The van der Waals surface area contributed by atoms with E-state index in [0.29, 0.717) is 6.54 Å². The largest absolute Gasteiger partial charge is 0.358 e. The van der Waals surface area contributed by atoms with Crippen LogP contribution in [0.1, 0.15) is 12.5 Å². The highest BCUT2D eigenvalue weighted by Crippen LogP contribution is 2.15. The second-order valence-electron chi connectivity index (χ2n) is 3.47. The van der Waals surface area contributed by atoms with Crippen molar-refractivity contribution in [3.05, 3.63) is 34.6 Å². The van der Waals surface area contributed by atoms with Crippen molar-refractivity contribution in [1.29, 1.82) is 0 Å². The molecule has 0 spiro atoms. The number of halogens is 2. The first kappa shape index (κ1) is 12.9. The van der Waals surface area contributed by atoms with Gasteiger partial charge in [0.2, 0.25) is 5.91 Å². The van der Waals surface area contributed by atoms with E-state index in [2.05, 4.69) is 10.6 Å². The summed E-state index contributed by atoms with van der Waals surface area (Å²) in [6.07, 6.45) is 0. The Bertz CT molecular complexity index is 384. The maximum Gasteiger partial charge on any atom is 0.236 e. The van der Waals surface area contributed by atoms with Gasteiger partial charge in [-0.15, -0.1) is 0 Å². The SMILES string of the molecule is CNC(=O)[C@@H](C)NCc1ccc(F)c(Cl)c1. The van der Waals surface area contributed by atoms with E-state index >= 15 is 0 Å². The van der Waals surface area contributed by atoms with Gasteiger partial charge in [0.25, 0.3) is 0 Å². The molecule has 1 atom stereocenters. The first-order valence-corrected chi connectivity index (χ1v) is 5.31. The lowest BCUT2D eigenvalue weighted by atomic mass is 10.2. The van der Waals surface area contributed by atoms with Gasteiger partial charge in [0.05, 0.1) is 11.1 Å². The third-order valence-electron chi connectivity index (χ3n) is 2.24. The number of hydrogen-bond donors (Lipinski definition) is 2. The molecule has 0 aliphatic heterocycles. The molecular weight excluding hydrogens is 231 g/mol. The molecule has 88 valence electrons. The maximum absolute atomic E-state index is 12.9. The quantitative estimate of drug-likeness (QED) is 0.847. The van der Waals surface area contributed by atoms with Crippen LogP contribution in [0.15, 0.2) is 18.2 Å². The topological polar surface area (TPSA) is 41.1 Å². The molecule has 2 N–H and O–H groups in total. The number of carbonyl (C=O) groups excluding carboxylic acids is 1. The monoisotopic (exact) mass is 244 g/mol. The molecule has 0 bridgehead atoms. The summed E-state index contributed by atoms with van der Waals surface area (Å²) in [5, 5.41) is 5.63. The number of nitrogens with one attached hydrogen (secondary N) is 2. The molecule has 0 saturated carbocycles. The lowest BCUT2D eigenvalue weighted by molar-refractivity contribution is -0.122. The third-order valence-corrected chi connectivity index (χ3v) is 2.53. The van der Waals surface area contributed by atoms with Crippen LogP contribution in [0.25, 0.3) is 0 Å². The highest BCUT2D eigenvalue weighted by molar-refractivity contribution is 6.30. The van der Waals surface area contributed by atoms with Crippen molar-refractivity contribution in [1.82, 2.24) is 10.6 Å². The fourth-order valence-corrected chi connectivity index (χ4v) is 1.43. The average molecular weight is 245 g/mol. The van der Waals surface area contributed by atoms with Gasteiger partial charge in [-0.25, -0.2) is 4.39 Å². The van der Waals surface area contributed by atoms with Crippen molar-refractivity contribution in [2.24, 2.45) is 0 Å². The Morgan fingerprint density at radius 1 is 1.56 bits per heavy atom. The molecule has 1 amide bonds. The Kier molecular flexibility index (Phi) is 4.71. The first-order chi connectivity index (χ1) is 7.54. The minimum atomic E-state index is -0.440. The molecule has 1 rings (SSSR count). The molecule has 0 aliphatic carbocycles. The molecule has 5 heteroatoms. The smallest absolute Gasteiger partial charge is 0.236 e. The van der Waals surface area contributed by atoms with Crippen LogP contribution in [-0.2, 0) is 11.3 Å². The van der Waals surface area contributed by atoms with Crippen molar-refractivity contribution in [2.45, 2.75) is 19.5 Å². The zero-order chi connectivity index (χ0) is 12.1. The highest BCUT2D eigenvalue weighted by atomic mass is 35.5. The number of hydrogen-bond acceptors (Lipinski definition) is 2. The van der Waals surface area contributed by atoms with Crippen molar-refractivity contribution < 1.29 is 9.18 Å². The first-order valence-electron chi connectivity index (χ1n) is 4.93. The van der Waals surface area contributed by atoms with E-state index in [0.717, 1.165) is 5.56 Å². The minimum absolute atomic E-state index is 0.0896. The van der Waals surface area contributed by atoms with Gasteiger partial charge in [0.1, 0.15) is 5.82 Å². The zero-order valence-electron chi connectivity index (χ0n) is 9.18. The van der Waals surface area contributed by atoms with E-state index in [4.69, 9.17) is 11.6 Å². The minimum Gasteiger partial charge on any atom is -0.358 e. The number of carbonyl (C=O) groups is 1. The van der Waals surface area contributed by atoms with Crippen LogP contribution in [0.3, 0.4) is 0 Å². The van der Waals surface area contributed by atoms with Crippen LogP contribution in [0.2, 0.25) is 5.02 Å². The van der Waals surface area contributed by atoms with Gasteiger partial charge in [0, 0.05) is 13.6 Å². The number of rotatable bonds is 4. The molecular formula is C11H14ClFN2O. The molecule has 0 heterocycles. The van der Waals surface area contributed by atoms with Crippen LogP contribution in [0.5, 0.6) is 0 Å². The lowest BCUT2D eigenvalue weighted by Crippen LogP contribution is -2.40. The van der Waals surface area contributed by atoms with Gasteiger partial charge in [-0.3, -0.25) is 4.79 Å². The van der Waals surface area contributed by atoms with Crippen LogP contribution in [-0.4, -0.2) is 19.0 Å². The van der Waals surface area contributed by atoms with Gasteiger partial charge in [-0.05, 0) is 24.6 Å². The number of likely N-dealkylation sites (N-methyl/N-ethyl adjacent to an activating group) is 1. The van der Waals surface area contributed by atoms with Gasteiger partial charge in [0.15, 0.2) is 0 Å². The normalized spacial score (nSPS) is 12.2. The molecule has 0 saturated heterocycles. The highest BCUT2D eigenvalue weighted by Gasteiger charge is 2.09. The van der Waals surface area contributed by atoms with Crippen LogP contribution >= 0.6 is 11.6 Å². The molecule has 1 aromatic carbocycles. The zero-order valence-corrected chi connectivity index (χ0v) is 9.94. The molecule has 0 unspecified atom stereocenters. The van der Waals surface area contributed by atoms with Gasteiger partial charge < -0.3 is 10.6 Å². The van der Waals surface area contributed by atoms with Crippen molar-refractivity contribution >= 4 is 17.5 Å². The van der Waals surface area contributed by atoms with Crippen molar-refractivity contribution in [3.63, 3.8) is 0 Å². The Labute approximate surface area is 99.0 Å². The summed E-state index contributed by atoms with van der Waals surface area (Å²) in [6, 6.07) is 4.18. The van der Waals surface area contributed by atoms with Gasteiger partial charge in [-0.2, -0.15) is 0 Å². The van der Waals surface area contributed by atoms with E-state index in [-0.39, 0.29) is 17.0 Å². The second-order valence-corrected chi connectivity index (χ2v) is 3.87. The summed E-state index contributed by atoms with van der Waals surface area (Å²) < 4.78 is 12.9. The predicted octanol–water partition coefficient (Wildman–Crippen LogP) is 1.70. The number of benzene rings is 1. The van der Waals surface area contributed by atoms with E-state index in [9.17, 15) is 9.18 Å².